The van der Waals surface area contributed by atoms with E-state index in [9.17, 15) is 0 Å². The Bertz CT molecular complexity index is 932. The van der Waals surface area contributed by atoms with Gasteiger partial charge in [0.1, 0.15) is 11.5 Å². The molecule has 0 radical (unpaired) electrons. The molecule has 2 aromatic heterocycles. The van der Waals surface area contributed by atoms with Gasteiger partial charge in [0.05, 0.1) is 16.9 Å². The zero-order valence-corrected chi connectivity index (χ0v) is 16.8. The van der Waals surface area contributed by atoms with Crippen LogP contribution in [0.2, 0.25) is 10.0 Å². The Kier molecular flexibility index (Phi) is 4.56. The molecule has 4 nitrogen and oxygen atoms in total. The van der Waals surface area contributed by atoms with Gasteiger partial charge in [0.25, 0.3) is 0 Å². The number of rotatable bonds is 2. The molecule has 0 unspecified atom stereocenters. The lowest BCUT2D eigenvalue weighted by Gasteiger charge is -2.36. The van der Waals surface area contributed by atoms with E-state index in [1.165, 1.54) is 0 Å². The fraction of sp³-hybridized carbons (Fsp3) is 0.278. The maximum absolute atomic E-state index is 6.34. The minimum atomic E-state index is 0.665. The molecule has 1 aliphatic rings. The lowest BCUT2D eigenvalue weighted by Crippen LogP contribution is -2.46. The van der Waals surface area contributed by atoms with E-state index in [1.54, 1.807) is 6.07 Å². The van der Waals surface area contributed by atoms with E-state index in [0.29, 0.717) is 10.0 Å². The Hall–Kier alpha value is -1.43. The largest absolute Gasteiger partial charge is 0.367 e. The van der Waals surface area contributed by atoms with Gasteiger partial charge in [-0.2, -0.15) is 0 Å². The molecule has 7 heteroatoms. The second-order valence-electron chi connectivity index (χ2n) is 6.24. The van der Waals surface area contributed by atoms with Gasteiger partial charge in [0, 0.05) is 41.9 Å². The number of nitrogens with zero attached hydrogens (tertiary/aromatic N) is 4. The zero-order chi connectivity index (χ0) is 17.6. The van der Waals surface area contributed by atoms with Crippen molar-refractivity contribution in [1.82, 2.24) is 9.38 Å². The molecule has 1 aliphatic heterocycles. The molecule has 0 atom stereocenters. The molecule has 1 saturated heterocycles. The summed E-state index contributed by atoms with van der Waals surface area (Å²) in [6, 6.07) is 7.77. The van der Waals surface area contributed by atoms with Crippen molar-refractivity contribution in [3.8, 4) is 0 Å². The number of hydrogen-bond acceptors (Lipinski definition) is 3. The number of aromatic nitrogens is 2. The van der Waals surface area contributed by atoms with Gasteiger partial charge in [-0.1, -0.05) is 23.2 Å². The number of benzene rings is 1. The molecule has 0 amide bonds. The Labute approximate surface area is 165 Å². The summed E-state index contributed by atoms with van der Waals surface area (Å²) in [7, 11) is 0. The van der Waals surface area contributed by atoms with E-state index in [2.05, 4.69) is 49.3 Å². The van der Waals surface area contributed by atoms with Crippen LogP contribution in [0.15, 0.2) is 41.1 Å². The average Bonchev–Trinajstić information content (AvgIpc) is 2.99. The molecule has 0 N–H and O–H groups in total. The van der Waals surface area contributed by atoms with Crippen LogP contribution in [-0.2, 0) is 0 Å². The molecule has 130 valence electrons. The lowest BCUT2D eigenvalue weighted by molar-refractivity contribution is 0.649. The number of fused-ring (bicyclic) bond motifs is 1. The van der Waals surface area contributed by atoms with Gasteiger partial charge in [-0.05, 0) is 52.7 Å². The molecule has 0 bridgehead atoms. The average molecular weight is 440 g/mol. The topological polar surface area (TPSA) is 23.8 Å². The predicted molar refractivity (Wildman–Crippen MR) is 109 cm³/mol. The highest BCUT2D eigenvalue weighted by molar-refractivity contribution is 9.10. The van der Waals surface area contributed by atoms with Gasteiger partial charge in [0.2, 0.25) is 0 Å². The predicted octanol–water partition coefficient (Wildman–Crippen LogP) is 5.04. The third-order valence-electron chi connectivity index (χ3n) is 4.54. The molecular formula is C18H17BrCl2N4. The summed E-state index contributed by atoms with van der Waals surface area (Å²) in [4.78, 5) is 9.43. The maximum Gasteiger partial charge on any atom is 0.148 e. The SMILES string of the molecule is Cc1cc(Br)cn2cc(N3CCN(c4ccc(Cl)cc4Cl)CC3)nc12. The van der Waals surface area contributed by atoms with Crippen LogP contribution in [0, 0.1) is 6.92 Å². The van der Waals surface area contributed by atoms with Crippen molar-refractivity contribution in [2.24, 2.45) is 0 Å². The van der Waals surface area contributed by atoms with Gasteiger partial charge in [0.15, 0.2) is 0 Å². The van der Waals surface area contributed by atoms with Crippen molar-refractivity contribution in [1.29, 1.82) is 0 Å². The fourth-order valence-corrected chi connectivity index (χ4v) is 4.37. The van der Waals surface area contributed by atoms with Crippen LogP contribution in [-0.4, -0.2) is 35.6 Å². The highest BCUT2D eigenvalue weighted by Crippen LogP contribution is 2.30. The molecule has 0 saturated carbocycles. The quantitative estimate of drug-likeness (QED) is 0.558. The summed E-state index contributed by atoms with van der Waals surface area (Å²) in [6.45, 7) is 5.69. The second-order valence-corrected chi connectivity index (χ2v) is 8.00. The van der Waals surface area contributed by atoms with Crippen LogP contribution in [0.25, 0.3) is 5.65 Å². The minimum Gasteiger partial charge on any atom is -0.367 e. The molecule has 25 heavy (non-hydrogen) atoms. The van der Waals surface area contributed by atoms with Crippen LogP contribution < -0.4 is 9.80 Å². The number of halogens is 3. The van der Waals surface area contributed by atoms with E-state index in [0.717, 1.165) is 53.4 Å². The van der Waals surface area contributed by atoms with Crippen molar-refractivity contribution in [3.05, 3.63) is 56.7 Å². The Morgan fingerprint density at radius 2 is 1.72 bits per heavy atom. The van der Waals surface area contributed by atoms with Crippen LogP contribution >= 0.6 is 39.1 Å². The summed E-state index contributed by atoms with van der Waals surface area (Å²) in [5.74, 6) is 1.02. The Morgan fingerprint density at radius 1 is 1.00 bits per heavy atom. The number of piperazine rings is 1. The number of hydrogen-bond donors (Lipinski definition) is 0. The molecular weight excluding hydrogens is 423 g/mol. The van der Waals surface area contributed by atoms with Crippen molar-refractivity contribution >= 4 is 56.3 Å². The molecule has 1 aromatic carbocycles. The minimum absolute atomic E-state index is 0.665. The molecule has 4 rings (SSSR count). The molecule has 3 heterocycles. The molecule has 3 aromatic rings. The fourth-order valence-electron chi connectivity index (χ4n) is 3.28. The summed E-state index contributed by atoms with van der Waals surface area (Å²) in [6.07, 6.45) is 4.14. The monoisotopic (exact) mass is 438 g/mol. The van der Waals surface area contributed by atoms with Crippen LogP contribution in [0.3, 0.4) is 0 Å². The number of imidazole rings is 1. The highest BCUT2D eigenvalue weighted by Gasteiger charge is 2.21. The second kappa shape index (κ2) is 6.71. The first kappa shape index (κ1) is 17.0. The van der Waals surface area contributed by atoms with Gasteiger partial charge >= 0.3 is 0 Å². The number of pyridine rings is 1. The highest BCUT2D eigenvalue weighted by atomic mass is 79.9. The Balaban J connectivity index is 1.53. The van der Waals surface area contributed by atoms with E-state index in [1.807, 2.05) is 18.3 Å². The first-order valence-corrected chi connectivity index (χ1v) is 9.66. The van der Waals surface area contributed by atoms with Crippen molar-refractivity contribution < 1.29 is 0 Å². The van der Waals surface area contributed by atoms with Crippen LogP contribution in [0.1, 0.15) is 5.56 Å². The van der Waals surface area contributed by atoms with Gasteiger partial charge < -0.3 is 14.2 Å². The third-order valence-corrected chi connectivity index (χ3v) is 5.51. The first-order chi connectivity index (χ1) is 12.0. The van der Waals surface area contributed by atoms with Crippen LogP contribution in [0.4, 0.5) is 11.5 Å². The van der Waals surface area contributed by atoms with E-state index in [4.69, 9.17) is 28.2 Å². The molecule has 0 spiro atoms. The van der Waals surface area contributed by atoms with Crippen molar-refractivity contribution in [2.75, 3.05) is 36.0 Å². The lowest BCUT2D eigenvalue weighted by atomic mass is 10.2. The van der Waals surface area contributed by atoms with Gasteiger partial charge in [-0.3, -0.25) is 0 Å². The summed E-state index contributed by atoms with van der Waals surface area (Å²) in [5.41, 5.74) is 3.20. The van der Waals surface area contributed by atoms with E-state index >= 15 is 0 Å². The van der Waals surface area contributed by atoms with Crippen molar-refractivity contribution in [2.45, 2.75) is 6.92 Å². The summed E-state index contributed by atoms with van der Waals surface area (Å²) in [5, 5.41) is 1.37. The van der Waals surface area contributed by atoms with E-state index < -0.39 is 0 Å². The smallest absolute Gasteiger partial charge is 0.148 e. The molecule has 0 aliphatic carbocycles. The summed E-state index contributed by atoms with van der Waals surface area (Å²) >= 11 is 15.9. The van der Waals surface area contributed by atoms with Crippen molar-refractivity contribution in [3.63, 3.8) is 0 Å². The van der Waals surface area contributed by atoms with Gasteiger partial charge in [-0.15, -0.1) is 0 Å². The Morgan fingerprint density at radius 3 is 2.44 bits per heavy atom. The molecule has 1 fully saturated rings. The van der Waals surface area contributed by atoms with Crippen LogP contribution in [0.5, 0.6) is 0 Å². The normalized spacial score (nSPS) is 15.2. The first-order valence-electron chi connectivity index (χ1n) is 8.11. The third kappa shape index (κ3) is 3.33. The van der Waals surface area contributed by atoms with Gasteiger partial charge in [-0.25, -0.2) is 4.98 Å². The number of anilines is 2. The maximum atomic E-state index is 6.34. The number of aryl methyl sites for hydroxylation is 1. The zero-order valence-electron chi connectivity index (χ0n) is 13.7. The standard InChI is InChI=1S/C18H17BrCl2N4/c1-12-8-13(19)10-25-11-17(22-18(12)25)24-6-4-23(5-7-24)16-3-2-14(20)9-15(16)21/h2-3,8-11H,4-7H2,1H3. The van der Waals surface area contributed by atoms with E-state index in [-0.39, 0.29) is 0 Å². The summed E-state index contributed by atoms with van der Waals surface area (Å²) < 4.78 is 3.14.